The Morgan fingerprint density at radius 2 is 1.94 bits per heavy atom. The Kier molecular flexibility index (Phi) is 6.74. The van der Waals surface area contributed by atoms with E-state index in [1.165, 1.54) is 12.8 Å². The Balaban J connectivity index is 1.36. The van der Waals surface area contributed by atoms with Gasteiger partial charge in [0.1, 0.15) is 30.5 Å². The molecule has 0 radical (unpaired) electrons. The van der Waals surface area contributed by atoms with Gasteiger partial charge < -0.3 is 20.5 Å². The number of hydrogen-bond acceptors (Lipinski definition) is 7. The van der Waals surface area contributed by atoms with Gasteiger partial charge in [0.2, 0.25) is 0 Å². The highest BCUT2D eigenvalue weighted by Crippen LogP contribution is 2.33. The number of nitrogen functional groups attached to an aromatic ring is 1. The summed E-state index contributed by atoms with van der Waals surface area (Å²) in [4.78, 5) is 13.5. The van der Waals surface area contributed by atoms with E-state index in [0.29, 0.717) is 47.4 Å². The number of benzene rings is 2. The van der Waals surface area contributed by atoms with Gasteiger partial charge in [0.25, 0.3) is 0 Å². The van der Waals surface area contributed by atoms with Gasteiger partial charge in [-0.2, -0.15) is 0 Å². The number of rotatable bonds is 7. The average molecular weight is 476 g/mol. The number of nitrogens with one attached hydrogen (secondary N) is 1. The zero-order valence-electron chi connectivity index (χ0n) is 18.7. The lowest BCUT2D eigenvalue weighted by molar-refractivity contribution is 0.241. The van der Waals surface area contributed by atoms with Crippen LogP contribution in [0.4, 0.5) is 5.82 Å². The van der Waals surface area contributed by atoms with Crippen molar-refractivity contribution < 1.29 is 9.47 Å². The lowest BCUT2D eigenvalue weighted by Crippen LogP contribution is -2.38. The quantitative estimate of drug-likeness (QED) is 0.387. The number of halogens is 1. The molecule has 3 heterocycles. The van der Waals surface area contributed by atoms with Gasteiger partial charge in [0.05, 0.1) is 21.6 Å². The van der Waals surface area contributed by atoms with Gasteiger partial charge in [0.15, 0.2) is 5.82 Å². The molecule has 3 N–H and O–H groups in total. The second kappa shape index (κ2) is 10.2. The van der Waals surface area contributed by atoms with E-state index in [1.807, 2.05) is 42.5 Å². The molecule has 0 bridgehead atoms. The highest BCUT2D eigenvalue weighted by atomic mass is 35.5. The van der Waals surface area contributed by atoms with Crippen LogP contribution in [0.1, 0.15) is 25.0 Å². The Labute approximate surface area is 203 Å². The van der Waals surface area contributed by atoms with E-state index >= 15 is 0 Å². The molecule has 0 unspecified atom stereocenters. The SMILES string of the molecule is Nc1nc(-c2ccc(OCc3ccccn3)c(Cl)c2)nc2cccc(OC[C@H]3CCCCN3)c12. The Bertz CT molecular complexity index is 1280. The normalized spacial score (nSPS) is 15.9. The van der Waals surface area contributed by atoms with E-state index in [-0.39, 0.29) is 0 Å². The van der Waals surface area contributed by atoms with Crippen molar-refractivity contribution in [2.75, 3.05) is 18.9 Å². The van der Waals surface area contributed by atoms with Crippen LogP contribution in [0.3, 0.4) is 0 Å². The molecule has 1 aliphatic heterocycles. The van der Waals surface area contributed by atoms with E-state index in [2.05, 4.69) is 15.3 Å². The largest absolute Gasteiger partial charge is 0.491 e. The summed E-state index contributed by atoms with van der Waals surface area (Å²) in [7, 11) is 0. The van der Waals surface area contributed by atoms with Crippen LogP contribution in [0.2, 0.25) is 5.02 Å². The van der Waals surface area contributed by atoms with Crippen LogP contribution in [0.5, 0.6) is 11.5 Å². The summed E-state index contributed by atoms with van der Waals surface area (Å²) in [6, 6.07) is 17.2. The Hall–Kier alpha value is -3.42. The molecule has 1 saturated heterocycles. The van der Waals surface area contributed by atoms with Crippen LogP contribution < -0.4 is 20.5 Å². The molecule has 2 aromatic carbocycles. The third-order valence-corrected chi connectivity index (χ3v) is 6.15. The van der Waals surface area contributed by atoms with Gasteiger partial charge in [-0.15, -0.1) is 0 Å². The predicted octanol–water partition coefficient (Wildman–Crippen LogP) is 5.03. The molecule has 0 amide bonds. The number of anilines is 1. The fourth-order valence-corrected chi connectivity index (χ4v) is 4.31. The molecular formula is C26H26ClN5O2. The van der Waals surface area contributed by atoms with Crippen LogP contribution in [-0.2, 0) is 6.61 Å². The molecule has 5 rings (SSSR count). The topological polar surface area (TPSA) is 95.2 Å². The van der Waals surface area contributed by atoms with Gasteiger partial charge in [-0.25, -0.2) is 9.97 Å². The number of ether oxygens (including phenoxy) is 2. The number of piperidine rings is 1. The van der Waals surface area contributed by atoms with Crippen molar-refractivity contribution in [3.8, 4) is 22.9 Å². The molecule has 0 spiro atoms. The zero-order valence-corrected chi connectivity index (χ0v) is 19.5. The molecule has 174 valence electrons. The number of fused-ring (bicyclic) bond motifs is 1. The van der Waals surface area contributed by atoms with Crippen molar-refractivity contribution in [3.05, 3.63) is 71.5 Å². The summed E-state index contributed by atoms with van der Waals surface area (Å²) in [6.07, 6.45) is 5.29. The first-order valence-corrected chi connectivity index (χ1v) is 11.8. The maximum absolute atomic E-state index is 6.49. The number of nitrogens with zero attached hydrogens (tertiary/aromatic N) is 3. The second-order valence-corrected chi connectivity index (χ2v) is 8.70. The van der Waals surface area contributed by atoms with Gasteiger partial charge in [-0.3, -0.25) is 4.98 Å². The summed E-state index contributed by atoms with van der Waals surface area (Å²) in [5.41, 5.74) is 8.67. The molecule has 0 aliphatic carbocycles. The fraction of sp³-hybridized carbons (Fsp3) is 0.269. The lowest BCUT2D eigenvalue weighted by atomic mass is 10.1. The van der Waals surface area contributed by atoms with Crippen LogP contribution in [-0.4, -0.2) is 34.1 Å². The van der Waals surface area contributed by atoms with Crippen molar-refractivity contribution in [2.24, 2.45) is 0 Å². The predicted molar refractivity (Wildman–Crippen MR) is 134 cm³/mol. The summed E-state index contributed by atoms with van der Waals surface area (Å²) in [6.45, 7) is 1.96. The molecule has 4 aromatic rings. The van der Waals surface area contributed by atoms with Crippen molar-refractivity contribution in [3.63, 3.8) is 0 Å². The minimum atomic E-state index is 0.332. The van der Waals surface area contributed by atoms with Gasteiger partial charge in [-0.05, 0) is 61.9 Å². The first kappa shape index (κ1) is 22.4. The maximum atomic E-state index is 6.49. The standard InChI is InChI=1S/C26H26ClN5O2/c27-20-14-17(10-11-22(20)33-15-18-6-1-3-12-29-18)26-31-21-8-5-9-23(24(21)25(28)32-26)34-16-19-7-2-4-13-30-19/h1,3,5-6,8-12,14,19,30H,2,4,7,13,15-16H2,(H2,28,31,32)/t19-/m1/s1. The smallest absolute Gasteiger partial charge is 0.162 e. The number of hydrogen-bond donors (Lipinski definition) is 2. The first-order chi connectivity index (χ1) is 16.7. The zero-order chi connectivity index (χ0) is 23.3. The average Bonchev–Trinajstić information content (AvgIpc) is 2.87. The number of pyridine rings is 1. The van der Waals surface area contributed by atoms with Gasteiger partial charge in [0, 0.05) is 17.8 Å². The van der Waals surface area contributed by atoms with E-state index in [0.717, 1.165) is 35.1 Å². The fourth-order valence-electron chi connectivity index (χ4n) is 4.08. The van der Waals surface area contributed by atoms with Crippen molar-refractivity contribution >= 4 is 28.3 Å². The minimum Gasteiger partial charge on any atom is -0.491 e. The molecular weight excluding hydrogens is 450 g/mol. The van der Waals surface area contributed by atoms with Crippen LogP contribution in [0, 0.1) is 0 Å². The molecule has 34 heavy (non-hydrogen) atoms. The molecule has 1 atom stereocenters. The summed E-state index contributed by atoms with van der Waals surface area (Å²) in [5, 5.41) is 4.69. The summed E-state index contributed by atoms with van der Waals surface area (Å²) < 4.78 is 11.9. The van der Waals surface area contributed by atoms with Gasteiger partial charge in [-0.1, -0.05) is 30.2 Å². The van der Waals surface area contributed by atoms with Gasteiger partial charge >= 0.3 is 0 Å². The third-order valence-electron chi connectivity index (χ3n) is 5.86. The summed E-state index contributed by atoms with van der Waals surface area (Å²) in [5.74, 6) is 2.13. The third kappa shape index (κ3) is 5.05. The lowest BCUT2D eigenvalue weighted by Gasteiger charge is -2.23. The number of aromatic nitrogens is 3. The van der Waals surface area contributed by atoms with E-state index in [1.54, 1.807) is 18.3 Å². The van der Waals surface area contributed by atoms with Crippen molar-refractivity contribution in [1.29, 1.82) is 0 Å². The van der Waals surface area contributed by atoms with Crippen LogP contribution in [0.15, 0.2) is 60.8 Å². The molecule has 8 heteroatoms. The molecule has 1 aliphatic rings. The highest BCUT2D eigenvalue weighted by Gasteiger charge is 2.16. The first-order valence-electron chi connectivity index (χ1n) is 11.4. The second-order valence-electron chi connectivity index (χ2n) is 8.30. The Morgan fingerprint density at radius 3 is 2.74 bits per heavy atom. The minimum absolute atomic E-state index is 0.332. The van der Waals surface area contributed by atoms with Crippen molar-refractivity contribution in [2.45, 2.75) is 31.9 Å². The molecule has 7 nitrogen and oxygen atoms in total. The molecule has 0 saturated carbocycles. The van der Waals surface area contributed by atoms with E-state index in [4.69, 9.17) is 31.8 Å². The van der Waals surface area contributed by atoms with Crippen LogP contribution >= 0.6 is 11.6 Å². The Morgan fingerprint density at radius 1 is 1.00 bits per heavy atom. The van der Waals surface area contributed by atoms with Crippen molar-refractivity contribution in [1.82, 2.24) is 20.3 Å². The maximum Gasteiger partial charge on any atom is 0.162 e. The van der Waals surface area contributed by atoms with Crippen LogP contribution in [0.25, 0.3) is 22.3 Å². The van der Waals surface area contributed by atoms with E-state index < -0.39 is 0 Å². The number of nitrogens with two attached hydrogens (primary N) is 1. The molecule has 2 aromatic heterocycles. The summed E-state index contributed by atoms with van der Waals surface area (Å²) >= 11 is 6.49. The highest BCUT2D eigenvalue weighted by molar-refractivity contribution is 6.32. The molecule has 1 fully saturated rings. The monoisotopic (exact) mass is 475 g/mol. The van der Waals surface area contributed by atoms with E-state index in [9.17, 15) is 0 Å².